The summed E-state index contributed by atoms with van der Waals surface area (Å²) in [6, 6.07) is 16.5. The average molecular weight is 573 g/mol. The van der Waals surface area contributed by atoms with E-state index in [9.17, 15) is 19.2 Å². The highest BCUT2D eigenvalue weighted by molar-refractivity contribution is 6.01. The van der Waals surface area contributed by atoms with Gasteiger partial charge in [0, 0.05) is 11.7 Å². The second-order valence-electron chi connectivity index (χ2n) is 12.1. The molecule has 0 spiro atoms. The molecule has 4 rings (SSSR count). The van der Waals surface area contributed by atoms with Gasteiger partial charge in [0.2, 0.25) is 11.8 Å². The number of hydrogen-bond donors (Lipinski definition) is 3. The highest BCUT2D eigenvalue weighted by atomic mass is 16.6. The fourth-order valence-corrected chi connectivity index (χ4v) is 5.17. The maximum atomic E-state index is 14.3. The number of hydrogen-bond acceptors (Lipinski definition) is 5. The summed E-state index contributed by atoms with van der Waals surface area (Å²) in [7, 11) is 0. The van der Waals surface area contributed by atoms with Gasteiger partial charge in [-0.3, -0.25) is 14.4 Å². The number of nitrogens with one attached hydrogen (secondary N) is 2. The zero-order valence-electron chi connectivity index (χ0n) is 25.1. The van der Waals surface area contributed by atoms with Crippen molar-refractivity contribution in [2.24, 2.45) is 11.7 Å². The lowest BCUT2D eigenvalue weighted by atomic mass is 9.94. The van der Waals surface area contributed by atoms with Gasteiger partial charge in [-0.15, -0.1) is 0 Å². The Bertz CT molecular complexity index is 1510. The number of alkyl carbamates (subject to hydrolysis) is 1. The molecule has 1 aliphatic carbocycles. The third kappa shape index (κ3) is 7.26. The second-order valence-corrected chi connectivity index (χ2v) is 12.1. The Balaban J connectivity index is 1.76. The molecule has 4 atom stereocenters. The van der Waals surface area contributed by atoms with E-state index in [0.717, 1.165) is 21.9 Å². The van der Waals surface area contributed by atoms with E-state index in [4.69, 9.17) is 10.5 Å². The number of aryl methyl sites for hydroxylation is 1. The Labute approximate surface area is 246 Å². The fourth-order valence-electron chi connectivity index (χ4n) is 5.17. The summed E-state index contributed by atoms with van der Waals surface area (Å²) in [6.45, 7) is 11.0. The van der Waals surface area contributed by atoms with Crippen molar-refractivity contribution in [3.8, 4) is 0 Å². The molecule has 0 saturated heterocycles. The van der Waals surface area contributed by atoms with Crippen LogP contribution in [0, 0.1) is 19.8 Å². The number of primary amides is 1. The van der Waals surface area contributed by atoms with E-state index in [2.05, 4.69) is 10.6 Å². The normalized spacial score (nSPS) is 17.6. The van der Waals surface area contributed by atoms with Gasteiger partial charge in [0.1, 0.15) is 17.7 Å². The summed E-state index contributed by atoms with van der Waals surface area (Å²) in [5, 5.41) is 7.56. The van der Waals surface area contributed by atoms with Crippen LogP contribution in [0.5, 0.6) is 0 Å². The number of amides is 4. The Kier molecular flexibility index (Phi) is 8.89. The van der Waals surface area contributed by atoms with Gasteiger partial charge < -0.3 is 26.0 Å². The first-order valence-corrected chi connectivity index (χ1v) is 14.2. The molecule has 1 aliphatic rings. The second kappa shape index (κ2) is 12.2. The van der Waals surface area contributed by atoms with E-state index in [1.54, 1.807) is 20.8 Å². The maximum absolute atomic E-state index is 14.3. The van der Waals surface area contributed by atoms with Crippen molar-refractivity contribution >= 4 is 40.3 Å². The molecule has 4 N–H and O–H groups in total. The number of benzene rings is 3. The molecule has 4 amide bonds. The molecule has 0 bridgehead atoms. The number of rotatable bonds is 9. The highest BCUT2D eigenvalue weighted by Crippen LogP contribution is 2.42. The standard InChI is InChI=1S/C33H40N4O5/c1-19-10-9-13-25(21(19)3)29(30(39)35-24-15-14-22-11-7-8-12-23(22)17-24)37(27-16-20(27)2)31(40)26(18-28(34)38)36-32(41)42-33(4,5)6/h7-15,17,20,26-27,29H,16,18H2,1-6H3,(H2,34,38)(H,35,39)(H,36,41). The summed E-state index contributed by atoms with van der Waals surface area (Å²) in [4.78, 5) is 54.8. The molecular formula is C33H40N4O5. The van der Waals surface area contributed by atoms with Crippen LogP contribution in [0.3, 0.4) is 0 Å². The first kappa shape index (κ1) is 30.6. The molecule has 1 saturated carbocycles. The molecule has 0 heterocycles. The van der Waals surface area contributed by atoms with Crippen molar-refractivity contribution < 1.29 is 23.9 Å². The van der Waals surface area contributed by atoms with Gasteiger partial charge in [-0.05, 0) is 86.6 Å². The Morgan fingerprint density at radius 3 is 2.29 bits per heavy atom. The molecule has 0 radical (unpaired) electrons. The minimum Gasteiger partial charge on any atom is -0.444 e. The summed E-state index contributed by atoms with van der Waals surface area (Å²) in [6.07, 6.45) is -0.622. The Hall–Kier alpha value is -4.40. The van der Waals surface area contributed by atoms with Gasteiger partial charge in [0.05, 0.1) is 6.42 Å². The van der Waals surface area contributed by atoms with E-state index in [-0.39, 0.29) is 12.0 Å². The topological polar surface area (TPSA) is 131 Å². The van der Waals surface area contributed by atoms with E-state index in [0.29, 0.717) is 17.7 Å². The third-order valence-corrected chi connectivity index (χ3v) is 7.56. The van der Waals surface area contributed by atoms with Crippen molar-refractivity contribution in [3.05, 3.63) is 77.4 Å². The van der Waals surface area contributed by atoms with Crippen LogP contribution in [0.15, 0.2) is 60.7 Å². The van der Waals surface area contributed by atoms with Crippen molar-refractivity contribution in [3.63, 3.8) is 0 Å². The molecule has 4 unspecified atom stereocenters. The van der Waals surface area contributed by atoms with E-state index >= 15 is 0 Å². The van der Waals surface area contributed by atoms with Crippen molar-refractivity contribution in [1.82, 2.24) is 10.2 Å². The number of fused-ring (bicyclic) bond motifs is 1. The molecule has 0 aliphatic heterocycles. The van der Waals surface area contributed by atoms with Crippen LogP contribution in [-0.4, -0.2) is 46.4 Å². The van der Waals surface area contributed by atoms with E-state index in [1.807, 2.05) is 81.4 Å². The van der Waals surface area contributed by atoms with Crippen molar-refractivity contribution in [1.29, 1.82) is 0 Å². The highest BCUT2D eigenvalue weighted by Gasteiger charge is 2.48. The zero-order valence-corrected chi connectivity index (χ0v) is 25.1. The number of nitrogens with zero attached hydrogens (tertiary/aromatic N) is 1. The molecule has 3 aromatic carbocycles. The molecule has 0 aromatic heterocycles. The number of anilines is 1. The summed E-state index contributed by atoms with van der Waals surface area (Å²) in [5.74, 6) is -1.63. The number of nitrogens with two attached hydrogens (primary N) is 1. The number of carbonyl (C=O) groups is 4. The molecule has 222 valence electrons. The fraction of sp³-hybridized carbons (Fsp3) is 0.394. The predicted octanol–water partition coefficient (Wildman–Crippen LogP) is 5.14. The van der Waals surface area contributed by atoms with Crippen LogP contribution >= 0.6 is 0 Å². The minimum atomic E-state index is -1.31. The molecular weight excluding hydrogens is 532 g/mol. The van der Waals surface area contributed by atoms with Crippen LogP contribution in [0.2, 0.25) is 0 Å². The van der Waals surface area contributed by atoms with Crippen molar-refractivity contribution in [2.45, 2.75) is 78.1 Å². The molecule has 9 heteroatoms. The monoisotopic (exact) mass is 572 g/mol. The maximum Gasteiger partial charge on any atom is 0.408 e. The van der Waals surface area contributed by atoms with Crippen molar-refractivity contribution in [2.75, 3.05) is 5.32 Å². The van der Waals surface area contributed by atoms with Crippen LogP contribution in [-0.2, 0) is 19.1 Å². The Morgan fingerprint density at radius 2 is 1.67 bits per heavy atom. The summed E-state index contributed by atoms with van der Waals surface area (Å²) in [5.41, 5.74) is 7.77. The first-order chi connectivity index (χ1) is 19.7. The predicted molar refractivity (Wildman–Crippen MR) is 163 cm³/mol. The van der Waals surface area contributed by atoms with Crippen LogP contribution in [0.25, 0.3) is 10.8 Å². The SMILES string of the molecule is Cc1cccc(C(C(=O)Nc2ccc3ccccc3c2)N(C(=O)C(CC(N)=O)NC(=O)OC(C)(C)C)C2CC2C)c1C. The summed E-state index contributed by atoms with van der Waals surface area (Å²) < 4.78 is 5.37. The van der Waals surface area contributed by atoms with E-state index < -0.39 is 47.9 Å². The van der Waals surface area contributed by atoms with Gasteiger partial charge in [-0.25, -0.2) is 4.79 Å². The molecule has 42 heavy (non-hydrogen) atoms. The molecule has 3 aromatic rings. The number of ether oxygens (including phenoxy) is 1. The quantitative estimate of drug-likeness (QED) is 0.327. The van der Waals surface area contributed by atoms with Gasteiger partial charge in [-0.2, -0.15) is 0 Å². The van der Waals surface area contributed by atoms with Crippen LogP contribution < -0.4 is 16.4 Å². The number of carbonyl (C=O) groups excluding carboxylic acids is 4. The molecule has 1 fully saturated rings. The smallest absolute Gasteiger partial charge is 0.408 e. The average Bonchev–Trinajstić information content (AvgIpc) is 3.62. The van der Waals surface area contributed by atoms with Gasteiger partial charge in [-0.1, -0.05) is 55.5 Å². The lowest BCUT2D eigenvalue weighted by Gasteiger charge is -2.35. The van der Waals surface area contributed by atoms with Crippen LogP contribution in [0.1, 0.15) is 63.3 Å². The summed E-state index contributed by atoms with van der Waals surface area (Å²) >= 11 is 0. The molecule has 9 nitrogen and oxygen atoms in total. The van der Waals surface area contributed by atoms with Gasteiger partial charge in [0.15, 0.2) is 0 Å². The largest absolute Gasteiger partial charge is 0.444 e. The Morgan fingerprint density at radius 1 is 1.00 bits per heavy atom. The zero-order chi connectivity index (χ0) is 30.8. The lowest BCUT2D eigenvalue weighted by Crippen LogP contribution is -2.54. The minimum absolute atomic E-state index is 0.116. The van der Waals surface area contributed by atoms with E-state index in [1.165, 1.54) is 4.90 Å². The van der Waals surface area contributed by atoms with Crippen LogP contribution in [0.4, 0.5) is 10.5 Å². The first-order valence-electron chi connectivity index (χ1n) is 14.2. The van der Waals surface area contributed by atoms with Gasteiger partial charge >= 0.3 is 6.09 Å². The van der Waals surface area contributed by atoms with Gasteiger partial charge in [0.25, 0.3) is 5.91 Å². The third-order valence-electron chi connectivity index (χ3n) is 7.56. The lowest BCUT2D eigenvalue weighted by molar-refractivity contribution is -0.142.